The predicted octanol–water partition coefficient (Wildman–Crippen LogP) is 3.35. The van der Waals surface area contributed by atoms with Crippen molar-refractivity contribution in [1.29, 1.82) is 0 Å². The predicted molar refractivity (Wildman–Crippen MR) is 75.7 cm³/mol. The summed E-state index contributed by atoms with van der Waals surface area (Å²) >= 11 is 0. The molecule has 0 bridgehead atoms. The topological polar surface area (TPSA) is 12.0 Å². The maximum Gasteiger partial charge on any atom is 0.0342 e. The molecule has 1 heteroatoms. The minimum absolute atomic E-state index is 0.141. The first kappa shape index (κ1) is 11.5. The van der Waals surface area contributed by atoms with Crippen LogP contribution in [-0.4, -0.2) is 12.6 Å². The molecule has 1 unspecified atom stereocenters. The van der Waals surface area contributed by atoms with Gasteiger partial charge < -0.3 is 5.32 Å². The SMILES string of the molecule is CC1CC(c2ccccc2)(c2ccccc2)CN1. The Morgan fingerprint density at radius 1 is 0.889 bits per heavy atom. The van der Waals surface area contributed by atoms with Crippen LogP contribution in [0.4, 0.5) is 0 Å². The molecule has 1 heterocycles. The fourth-order valence-electron chi connectivity index (χ4n) is 3.14. The van der Waals surface area contributed by atoms with Crippen molar-refractivity contribution in [3.8, 4) is 0 Å². The summed E-state index contributed by atoms with van der Waals surface area (Å²) in [5.74, 6) is 0. The van der Waals surface area contributed by atoms with E-state index in [1.807, 2.05) is 0 Å². The van der Waals surface area contributed by atoms with Gasteiger partial charge in [0.2, 0.25) is 0 Å². The Morgan fingerprint density at radius 3 is 1.78 bits per heavy atom. The average molecular weight is 237 g/mol. The Morgan fingerprint density at radius 2 is 1.39 bits per heavy atom. The van der Waals surface area contributed by atoms with Crippen LogP contribution in [0.25, 0.3) is 0 Å². The van der Waals surface area contributed by atoms with E-state index in [0.29, 0.717) is 6.04 Å². The second-order valence-electron chi connectivity index (χ2n) is 5.30. The normalized spacial score (nSPS) is 21.9. The largest absolute Gasteiger partial charge is 0.313 e. The smallest absolute Gasteiger partial charge is 0.0342 e. The molecule has 0 radical (unpaired) electrons. The number of hydrogen-bond acceptors (Lipinski definition) is 1. The van der Waals surface area contributed by atoms with Crippen LogP contribution >= 0.6 is 0 Å². The highest BCUT2D eigenvalue weighted by molar-refractivity contribution is 5.41. The van der Waals surface area contributed by atoms with Crippen LogP contribution in [0.2, 0.25) is 0 Å². The molecule has 92 valence electrons. The van der Waals surface area contributed by atoms with E-state index in [-0.39, 0.29) is 5.41 Å². The van der Waals surface area contributed by atoms with Crippen LogP contribution in [0.15, 0.2) is 60.7 Å². The van der Waals surface area contributed by atoms with Crippen molar-refractivity contribution in [3.05, 3.63) is 71.8 Å². The first-order valence-electron chi connectivity index (χ1n) is 6.66. The van der Waals surface area contributed by atoms with Crippen LogP contribution in [0.3, 0.4) is 0 Å². The van der Waals surface area contributed by atoms with Gasteiger partial charge in [0, 0.05) is 18.0 Å². The van der Waals surface area contributed by atoms with Crippen molar-refractivity contribution in [2.45, 2.75) is 24.8 Å². The number of rotatable bonds is 2. The average Bonchev–Trinajstić information content (AvgIpc) is 2.84. The molecular weight excluding hydrogens is 218 g/mol. The van der Waals surface area contributed by atoms with E-state index in [9.17, 15) is 0 Å². The second-order valence-corrected chi connectivity index (χ2v) is 5.30. The van der Waals surface area contributed by atoms with Crippen LogP contribution in [0, 0.1) is 0 Å². The third-order valence-corrected chi connectivity index (χ3v) is 4.06. The van der Waals surface area contributed by atoms with Crippen molar-refractivity contribution in [3.63, 3.8) is 0 Å². The van der Waals surface area contributed by atoms with Gasteiger partial charge in [0.05, 0.1) is 0 Å². The van der Waals surface area contributed by atoms with E-state index in [4.69, 9.17) is 0 Å². The lowest BCUT2D eigenvalue weighted by Gasteiger charge is -2.30. The van der Waals surface area contributed by atoms with E-state index in [1.54, 1.807) is 0 Å². The highest BCUT2D eigenvalue weighted by Crippen LogP contribution is 2.39. The molecule has 3 rings (SSSR count). The molecule has 1 aliphatic heterocycles. The summed E-state index contributed by atoms with van der Waals surface area (Å²) in [7, 11) is 0. The number of hydrogen-bond donors (Lipinski definition) is 1. The molecule has 1 atom stereocenters. The van der Waals surface area contributed by atoms with Crippen LogP contribution in [0.5, 0.6) is 0 Å². The highest BCUT2D eigenvalue weighted by atomic mass is 15.0. The fraction of sp³-hybridized carbons (Fsp3) is 0.294. The van der Waals surface area contributed by atoms with E-state index >= 15 is 0 Å². The zero-order valence-electron chi connectivity index (χ0n) is 10.8. The Kier molecular flexibility index (Phi) is 2.92. The molecule has 1 fully saturated rings. The van der Waals surface area contributed by atoms with E-state index in [0.717, 1.165) is 6.54 Å². The first-order valence-corrected chi connectivity index (χ1v) is 6.66. The molecule has 0 saturated carbocycles. The van der Waals surface area contributed by atoms with E-state index < -0.39 is 0 Å². The molecule has 1 N–H and O–H groups in total. The van der Waals surface area contributed by atoms with Gasteiger partial charge in [-0.3, -0.25) is 0 Å². The van der Waals surface area contributed by atoms with Crippen LogP contribution in [-0.2, 0) is 5.41 Å². The molecule has 2 aromatic rings. The maximum absolute atomic E-state index is 3.61. The monoisotopic (exact) mass is 237 g/mol. The zero-order valence-corrected chi connectivity index (χ0v) is 10.8. The molecular formula is C17H19N. The molecule has 1 aliphatic rings. The molecule has 0 spiro atoms. The summed E-state index contributed by atoms with van der Waals surface area (Å²) in [6.07, 6.45) is 1.17. The van der Waals surface area contributed by atoms with Gasteiger partial charge in [0.15, 0.2) is 0 Å². The van der Waals surface area contributed by atoms with Crippen molar-refractivity contribution in [2.24, 2.45) is 0 Å². The van der Waals surface area contributed by atoms with Crippen LogP contribution in [0.1, 0.15) is 24.5 Å². The van der Waals surface area contributed by atoms with Crippen molar-refractivity contribution in [1.82, 2.24) is 5.32 Å². The van der Waals surface area contributed by atoms with Crippen LogP contribution < -0.4 is 5.32 Å². The maximum atomic E-state index is 3.61. The Balaban J connectivity index is 2.11. The fourth-order valence-corrected chi connectivity index (χ4v) is 3.14. The zero-order chi connectivity index (χ0) is 12.4. The molecule has 0 aromatic heterocycles. The lowest BCUT2D eigenvalue weighted by molar-refractivity contribution is 0.555. The second kappa shape index (κ2) is 4.58. The van der Waals surface area contributed by atoms with Gasteiger partial charge >= 0.3 is 0 Å². The third-order valence-electron chi connectivity index (χ3n) is 4.06. The molecule has 0 aliphatic carbocycles. The van der Waals surface area contributed by atoms with Gasteiger partial charge in [-0.1, -0.05) is 60.7 Å². The summed E-state index contributed by atoms with van der Waals surface area (Å²) in [6, 6.07) is 22.4. The van der Waals surface area contributed by atoms with Crippen molar-refractivity contribution >= 4 is 0 Å². The summed E-state index contributed by atoms with van der Waals surface area (Å²) < 4.78 is 0. The summed E-state index contributed by atoms with van der Waals surface area (Å²) in [6.45, 7) is 3.30. The van der Waals surface area contributed by atoms with Crippen molar-refractivity contribution < 1.29 is 0 Å². The van der Waals surface area contributed by atoms with Crippen molar-refractivity contribution in [2.75, 3.05) is 6.54 Å². The van der Waals surface area contributed by atoms with Gasteiger partial charge in [-0.25, -0.2) is 0 Å². The molecule has 1 saturated heterocycles. The van der Waals surface area contributed by atoms with E-state index in [2.05, 4.69) is 72.9 Å². The lowest BCUT2D eigenvalue weighted by atomic mass is 9.73. The number of nitrogens with one attached hydrogen (secondary N) is 1. The van der Waals surface area contributed by atoms with Gasteiger partial charge in [-0.05, 0) is 24.5 Å². The molecule has 1 nitrogen and oxygen atoms in total. The lowest BCUT2D eigenvalue weighted by Crippen LogP contribution is -2.30. The minimum atomic E-state index is 0.141. The molecule has 0 amide bonds. The standard InChI is InChI=1S/C17H19N/c1-14-12-17(13-18-14,15-8-4-2-5-9-15)16-10-6-3-7-11-16/h2-11,14,18H,12-13H2,1H3. The first-order chi connectivity index (χ1) is 8.81. The molecule has 18 heavy (non-hydrogen) atoms. The third kappa shape index (κ3) is 1.85. The quantitative estimate of drug-likeness (QED) is 0.844. The Labute approximate surface area is 109 Å². The van der Waals surface area contributed by atoms with Gasteiger partial charge in [0.1, 0.15) is 0 Å². The molecule has 2 aromatic carbocycles. The minimum Gasteiger partial charge on any atom is -0.313 e. The van der Waals surface area contributed by atoms with Gasteiger partial charge in [0.25, 0.3) is 0 Å². The van der Waals surface area contributed by atoms with Gasteiger partial charge in [-0.2, -0.15) is 0 Å². The Bertz CT molecular complexity index is 464. The Hall–Kier alpha value is -1.60. The van der Waals surface area contributed by atoms with E-state index in [1.165, 1.54) is 17.5 Å². The highest BCUT2D eigenvalue weighted by Gasteiger charge is 2.40. The summed E-state index contributed by atoms with van der Waals surface area (Å²) in [5.41, 5.74) is 2.99. The summed E-state index contributed by atoms with van der Waals surface area (Å²) in [5, 5.41) is 3.61. The number of benzene rings is 2. The van der Waals surface area contributed by atoms with Gasteiger partial charge in [-0.15, -0.1) is 0 Å². The summed E-state index contributed by atoms with van der Waals surface area (Å²) in [4.78, 5) is 0.